The van der Waals surface area contributed by atoms with Gasteiger partial charge in [-0.1, -0.05) is 44.0 Å². The van der Waals surface area contributed by atoms with Crippen molar-refractivity contribution in [3.8, 4) is 10.6 Å². The number of benzene rings is 1. The molecule has 29 heavy (non-hydrogen) atoms. The quantitative estimate of drug-likeness (QED) is 0.696. The largest absolute Gasteiger partial charge is 0.342 e. The zero-order valence-electron chi connectivity index (χ0n) is 17.6. The van der Waals surface area contributed by atoms with Gasteiger partial charge in [0.2, 0.25) is 5.91 Å². The highest BCUT2D eigenvalue weighted by Gasteiger charge is 2.29. The molecule has 2 fully saturated rings. The summed E-state index contributed by atoms with van der Waals surface area (Å²) >= 11 is 1.73. The maximum atomic E-state index is 12.9. The fraction of sp³-hybridized carbons (Fsp3) is 0.583. The molecule has 4 nitrogen and oxygen atoms in total. The molecule has 5 heteroatoms. The molecular formula is C24H33N3OS. The van der Waals surface area contributed by atoms with Crippen molar-refractivity contribution in [3.63, 3.8) is 0 Å². The smallest absolute Gasteiger partial charge is 0.225 e. The number of likely N-dealkylation sites (tertiary alicyclic amines) is 2. The average molecular weight is 412 g/mol. The highest BCUT2D eigenvalue weighted by molar-refractivity contribution is 7.13. The molecule has 0 aliphatic carbocycles. The van der Waals surface area contributed by atoms with Crippen LogP contribution < -0.4 is 0 Å². The number of rotatable bonds is 5. The van der Waals surface area contributed by atoms with Gasteiger partial charge in [-0.15, -0.1) is 11.3 Å². The molecule has 1 aromatic heterocycles. The molecule has 2 aromatic rings. The third-order valence-corrected chi connectivity index (χ3v) is 7.34. The van der Waals surface area contributed by atoms with Crippen molar-refractivity contribution < 1.29 is 4.79 Å². The number of aromatic nitrogens is 1. The second-order valence-corrected chi connectivity index (χ2v) is 9.34. The maximum absolute atomic E-state index is 12.9. The lowest BCUT2D eigenvalue weighted by molar-refractivity contribution is -0.137. The van der Waals surface area contributed by atoms with E-state index in [0.29, 0.717) is 5.91 Å². The van der Waals surface area contributed by atoms with E-state index in [0.717, 1.165) is 62.7 Å². The van der Waals surface area contributed by atoms with Crippen LogP contribution in [0.2, 0.25) is 0 Å². The summed E-state index contributed by atoms with van der Waals surface area (Å²) in [6.45, 7) is 7.03. The van der Waals surface area contributed by atoms with Gasteiger partial charge in [0.05, 0.1) is 5.69 Å². The Balaban J connectivity index is 1.28. The lowest BCUT2D eigenvalue weighted by Crippen LogP contribution is -2.42. The first-order valence-electron chi connectivity index (χ1n) is 11.3. The molecule has 1 aromatic carbocycles. The number of piperidine rings is 1. The average Bonchev–Trinajstić information content (AvgIpc) is 3.06. The first-order valence-corrected chi connectivity index (χ1v) is 12.2. The second kappa shape index (κ2) is 9.86. The second-order valence-electron chi connectivity index (χ2n) is 8.48. The molecule has 2 aliphatic heterocycles. The minimum absolute atomic E-state index is 0.229. The van der Waals surface area contributed by atoms with Crippen LogP contribution >= 0.6 is 11.3 Å². The first kappa shape index (κ1) is 20.5. The number of hydrogen-bond acceptors (Lipinski definition) is 4. The molecule has 1 amide bonds. The predicted molar refractivity (Wildman–Crippen MR) is 120 cm³/mol. The van der Waals surface area contributed by atoms with Crippen LogP contribution in [-0.2, 0) is 17.8 Å². The lowest BCUT2D eigenvalue weighted by Gasteiger charge is -2.33. The molecule has 0 bridgehead atoms. The Morgan fingerprint density at radius 1 is 1.03 bits per heavy atom. The van der Waals surface area contributed by atoms with E-state index in [1.807, 2.05) is 0 Å². The molecule has 4 rings (SSSR count). The van der Waals surface area contributed by atoms with Crippen molar-refractivity contribution >= 4 is 17.2 Å². The van der Waals surface area contributed by atoms with E-state index in [2.05, 4.69) is 46.4 Å². The van der Waals surface area contributed by atoms with Crippen molar-refractivity contribution in [2.24, 2.45) is 5.92 Å². The number of aryl methyl sites for hydroxylation is 1. The molecule has 0 saturated carbocycles. The van der Waals surface area contributed by atoms with Crippen molar-refractivity contribution in [3.05, 3.63) is 40.9 Å². The number of hydrogen-bond donors (Lipinski definition) is 0. The molecule has 2 saturated heterocycles. The Labute approximate surface area is 178 Å². The van der Waals surface area contributed by atoms with Crippen molar-refractivity contribution in [2.45, 2.75) is 58.4 Å². The molecule has 3 heterocycles. The van der Waals surface area contributed by atoms with Crippen LogP contribution in [0, 0.1) is 5.92 Å². The summed E-state index contributed by atoms with van der Waals surface area (Å²) in [5, 5.41) is 3.30. The summed E-state index contributed by atoms with van der Waals surface area (Å²) in [5.74, 6) is 0.644. The number of carbonyl (C=O) groups excluding carboxylic acids is 1. The first-order chi connectivity index (χ1) is 14.2. The van der Waals surface area contributed by atoms with Crippen LogP contribution in [0.3, 0.4) is 0 Å². The van der Waals surface area contributed by atoms with Crippen LogP contribution in [0.5, 0.6) is 0 Å². The number of thiazole rings is 1. The topological polar surface area (TPSA) is 36.4 Å². The zero-order valence-corrected chi connectivity index (χ0v) is 18.4. The minimum Gasteiger partial charge on any atom is -0.342 e. The van der Waals surface area contributed by atoms with Gasteiger partial charge < -0.3 is 4.90 Å². The van der Waals surface area contributed by atoms with E-state index in [1.165, 1.54) is 36.8 Å². The highest BCUT2D eigenvalue weighted by Crippen LogP contribution is 2.27. The summed E-state index contributed by atoms with van der Waals surface area (Å²) in [6, 6.07) is 8.76. The van der Waals surface area contributed by atoms with Gasteiger partial charge in [-0.3, -0.25) is 9.69 Å². The summed E-state index contributed by atoms with van der Waals surface area (Å²) in [4.78, 5) is 22.3. The number of amides is 1. The molecule has 0 radical (unpaired) electrons. The molecule has 2 aliphatic rings. The van der Waals surface area contributed by atoms with Gasteiger partial charge in [-0.2, -0.15) is 0 Å². The summed E-state index contributed by atoms with van der Waals surface area (Å²) in [6.07, 6.45) is 7.96. The summed E-state index contributed by atoms with van der Waals surface area (Å²) < 4.78 is 0. The van der Waals surface area contributed by atoms with Gasteiger partial charge in [0.15, 0.2) is 0 Å². The normalized spacial score (nSPS) is 19.3. The van der Waals surface area contributed by atoms with Crippen LogP contribution in [0.1, 0.15) is 56.7 Å². The molecule has 0 spiro atoms. The Morgan fingerprint density at radius 3 is 2.38 bits per heavy atom. The van der Waals surface area contributed by atoms with E-state index >= 15 is 0 Å². The zero-order chi connectivity index (χ0) is 20.1. The van der Waals surface area contributed by atoms with Gasteiger partial charge in [-0.05, 0) is 50.8 Å². The van der Waals surface area contributed by atoms with E-state index in [-0.39, 0.29) is 5.92 Å². The molecule has 0 unspecified atom stereocenters. The van der Waals surface area contributed by atoms with Crippen LogP contribution in [0.15, 0.2) is 29.6 Å². The minimum atomic E-state index is 0.229. The third kappa shape index (κ3) is 5.26. The predicted octanol–water partition coefficient (Wildman–Crippen LogP) is 4.99. The summed E-state index contributed by atoms with van der Waals surface area (Å²) in [5.41, 5.74) is 3.73. The van der Waals surface area contributed by atoms with Crippen LogP contribution in [0.4, 0.5) is 0 Å². The summed E-state index contributed by atoms with van der Waals surface area (Å²) in [7, 11) is 0. The van der Waals surface area contributed by atoms with Crippen LogP contribution in [0.25, 0.3) is 10.6 Å². The fourth-order valence-corrected chi connectivity index (χ4v) is 5.33. The van der Waals surface area contributed by atoms with Gasteiger partial charge in [0.1, 0.15) is 5.01 Å². The molecule has 156 valence electrons. The monoisotopic (exact) mass is 411 g/mol. The van der Waals surface area contributed by atoms with E-state index < -0.39 is 0 Å². The Kier molecular flexibility index (Phi) is 6.98. The lowest BCUT2D eigenvalue weighted by atomic mass is 9.95. The number of carbonyl (C=O) groups is 1. The third-order valence-electron chi connectivity index (χ3n) is 6.40. The van der Waals surface area contributed by atoms with E-state index in [1.54, 1.807) is 11.3 Å². The number of nitrogens with zero attached hydrogens (tertiary/aromatic N) is 3. The molecule has 0 atom stereocenters. The Bertz CT molecular complexity index is 785. The molecular weight excluding hydrogens is 378 g/mol. The Hall–Kier alpha value is -1.72. The fourth-order valence-electron chi connectivity index (χ4n) is 4.51. The van der Waals surface area contributed by atoms with E-state index in [9.17, 15) is 4.79 Å². The molecule has 0 N–H and O–H groups in total. The van der Waals surface area contributed by atoms with Crippen LogP contribution in [-0.4, -0.2) is 46.9 Å². The van der Waals surface area contributed by atoms with Crippen molar-refractivity contribution in [1.29, 1.82) is 0 Å². The van der Waals surface area contributed by atoms with Gasteiger partial charge >= 0.3 is 0 Å². The standard InChI is InChI=1S/C24H33N3OS/c1-2-19-7-9-20(10-8-19)23-25-22(18-29-23)17-26-15-11-21(12-16-26)24(28)27-13-5-3-4-6-14-27/h7-10,18,21H,2-6,11-17H2,1H3. The SMILES string of the molecule is CCc1ccc(-c2nc(CN3CCC(C(=O)N4CCCCCC4)CC3)cs2)cc1. The highest BCUT2D eigenvalue weighted by atomic mass is 32.1. The van der Waals surface area contributed by atoms with E-state index in [4.69, 9.17) is 4.98 Å². The van der Waals surface area contributed by atoms with Gasteiger partial charge in [0.25, 0.3) is 0 Å². The van der Waals surface area contributed by atoms with Crippen molar-refractivity contribution in [1.82, 2.24) is 14.8 Å². The van der Waals surface area contributed by atoms with Gasteiger partial charge in [-0.25, -0.2) is 4.98 Å². The Morgan fingerprint density at radius 2 is 1.72 bits per heavy atom. The van der Waals surface area contributed by atoms with Gasteiger partial charge in [0, 0.05) is 36.5 Å². The maximum Gasteiger partial charge on any atom is 0.225 e. The van der Waals surface area contributed by atoms with Crippen molar-refractivity contribution in [2.75, 3.05) is 26.2 Å².